The first-order valence-electron chi connectivity index (χ1n) is 11.4. The first kappa shape index (κ1) is 24.4. The number of aromatic nitrogens is 3. The Balaban J connectivity index is 0.000000257. The van der Waals surface area contributed by atoms with E-state index in [2.05, 4.69) is 29.5 Å². The minimum absolute atomic E-state index is 0.262. The molecule has 2 unspecified atom stereocenters. The molecule has 2 aliphatic rings. The quantitative estimate of drug-likeness (QED) is 0.549. The zero-order valence-corrected chi connectivity index (χ0v) is 20.9. The van der Waals surface area contributed by atoms with E-state index in [0.717, 1.165) is 30.8 Å². The van der Waals surface area contributed by atoms with Crippen LogP contribution in [0.1, 0.15) is 42.6 Å². The average Bonchev–Trinajstić information content (AvgIpc) is 3.50. The topological polar surface area (TPSA) is 81.0 Å². The van der Waals surface area contributed by atoms with Gasteiger partial charge >= 0.3 is 0 Å². The molecule has 2 aromatic heterocycles. The number of ether oxygens (including phenoxy) is 2. The number of halogens is 1. The SMILES string of the molecule is COc1cc2c(cc1NC(=O)c1cnn3cccnc13)CC(C)(C)O2.FC(P)CN1CCCC1. The van der Waals surface area contributed by atoms with Gasteiger partial charge in [0, 0.05) is 37.0 Å². The summed E-state index contributed by atoms with van der Waals surface area (Å²) in [5.74, 6) is 0.319. The molecule has 4 heterocycles. The minimum Gasteiger partial charge on any atom is -0.494 e. The second-order valence-electron chi connectivity index (χ2n) is 9.12. The van der Waals surface area contributed by atoms with E-state index in [1.165, 1.54) is 19.0 Å². The van der Waals surface area contributed by atoms with E-state index in [4.69, 9.17) is 9.47 Å². The number of alkyl halides is 1. The number of hydrogen-bond donors (Lipinski definition) is 1. The van der Waals surface area contributed by atoms with Crippen LogP contribution in [0.3, 0.4) is 0 Å². The summed E-state index contributed by atoms with van der Waals surface area (Å²) in [7, 11) is 3.74. The molecule has 0 saturated carbocycles. The summed E-state index contributed by atoms with van der Waals surface area (Å²) in [4.78, 5) is 19.1. The Morgan fingerprint density at radius 2 is 2.12 bits per heavy atom. The van der Waals surface area contributed by atoms with Crippen LogP contribution < -0.4 is 14.8 Å². The first-order chi connectivity index (χ1) is 16.3. The van der Waals surface area contributed by atoms with Crippen LogP contribution in [0.25, 0.3) is 5.65 Å². The third kappa shape index (κ3) is 5.65. The van der Waals surface area contributed by atoms with Gasteiger partial charge in [0.25, 0.3) is 5.91 Å². The molecule has 0 aliphatic carbocycles. The van der Waals surface area contributed by atoms with E-state index < -0.39 is 5.91 Å². The molecule has 10 heteroatoms. The van der Waals surface area contributed by atoms with Crippen molar-refractivity contribution in [3.63, 3.8) is 0 Å². The van der Waals surface area contributed by atoms with Gasteiger partial charge in [-0.05, 0) is 51.9 Å². The summed E-state index contributed by atoms with van der Waals surface area (Å²) in [6.45, 7) is 6.85. The summed E-state index contributed by atoms with van der Waals surface area (Å²) in [5.41, 5.74) is 2.29. The lowest BCUT2D eigenvalue weighted by Gasteiger charge is -2.17. The Morgan fingerprint density at radius 1 is 1.35 bits per heavy atom. The summed E-state index contributed by atoms with van der Waals surface area (Å²) < 4.78 is 25.2. The van der Waals surface area contributed by atoms with Crippen molar-refractivity contribution in [3.8, 4) is 11.5 Å². The van der Waals surface area contributed by atoms with Crippen LogP contribution in [0.15, 0.2) is 36.8 Å². The van der Waals surface area contributed by atoms with Crippen LogP contribution in [0.4, 0.5) is 10.1 Å². The number of fused-ring (bicyclic) bond motifs is 2. The standard InChI is InChI=1S/C18H18N4O3.C6H13FNP/c1-18(2)9-11-7-13(15(24-3)8-14(11)25-18)21-17(23)12-10-20-22-6-4-5-19-16(12)22;7-6(9)5-8-3-1-2-4-8/h4-8,10H,9H2,1-3H3,(H,21,23);6H,1-5,9H2. The van der Waals surface area contributed by atoms with Gasteiger partial charge in [0.05, 0.1) is 19.0 Å². The van der Waals surface area contributed by atoms with Crippen LogP contribution in [0, 0.1) is 0 Å². The lowest BCUT2D eigenvalue weighted by Crippen LogP contribution is -2.24. The fraction of sp³-hybridized carbons (Fsp3) is 0.458. The number of methoxy groups -OCH3 is 1. The Kier molecular flexibility index (Phi) is 7.33. The van der Waals surface area contributed by atoms with Crippen molar-refractivity contribution in [2.45, 2.75) is 44.6 Å². The van der Waals surface area contributed by atoms with Gasteiger partial charge < -0.3 is 19.7 Å². The number of carbonyl (C=O) groups is 1. The third-order valence-electron chi connectivity index (χ3n) is 5.79. The van der Waals surface area contributed by atoms with E-state index in [-0.39, 0.29) is 11.5 Å². The maximum atomic E-state index is 12.7. The van der Waals surface area contributed by atoms with Crippen molar-refractivity contribution in [2.24, 2.45) is 0 Å². The van der Waals surface area contributed by atoms with Crippen molar-refractivity contribution in [1.29, 1.82) is 0 Å². The van der Waals surface area contributed by atoms with E-state index >= 15 is 0 Å². The lowest BCUT2D eigenvalue weighted by atomic mass is 10.0. The van der Waals surface area contributed by atoms with Gasteiger partial charge in [-0.1, -0.05) is 9.24 Å². The number of benzene rings is 1. The molecule has 0 radical (unpaired) electrons. The molecule has 1 fully saturated rings. The van der Waals surface area contributed by atoms with Gasteiger partial charge in [-0.2, -0.15) is 5.10 Å². The molecule has 1 amide bonds. The molecule has 3 aromatic rings. The lowest BCUT2D eigenvalue weighted by molar-refractivity contribution is 0.102. The Labute approximate surface area is 201 Å². The molecular formula is C24H31FN5O3P. The summed E-state index contributed by atoms with van der Waals surface area (Å²) in [5, 5.41) is 7.04. The van der Waals surface area contributed by atoms with Gasteiger partial charge in [-0.25, -0.2) is 13.9 Å². The molecule has 1 aromatic carbocycles. The van der Waals surface area contributed by atoms with Crippen molar-refractivity contribution in [3.05, 3.63) is 47.9 Å². The number of hydrogen-bond acceptors (Lipinski definition) is 6. The van der Waals surface area contributed by atoms with Gasteiger partial charge in [0.2, 0.25) is 0 Å². The number of nitrogens with one attached hydrogen (secondary N) is 1. The van der Waals surface area contributed by atoms with E-state index in [1.54, 1.807) is 30.1 Å². The fourth-order valence-electron chi connectivity index (χ4n) is 4.29. The van der Waals surface area contributed by atoms with Crippen LogP contribution in [-0.4, -0.2) is 63.7 Å². The maximum absolute atomic E-state index is 12.7. The van der Waals surface area contributed by atoms with Crippen molar-refractivity contribution < 1.29 is 18.7 Å². The highest BCUT2D eigenvalue weighted by Gasteiger charge is 2.31. The predicted octanol–water partition coefficient (Wildman–Crippen LogP) is 3.96. The molecule has 5 rings (SSSR count). The highest BCUT2D eigenvalue weighted by molar-refractivity contribution is 7.17. The number of carbonyl (C=O) groups excluding carboxylic acids is 1. The number of nitrogens with zero attached hydrogens (tertiary/aromatic N) is 4. The smallest absolute Gasteiger partial charge is 0.261 e. The van der Waals surface area contributed by atoms with Crippen LogP contribution >= 0.6 is 9.24 Å². The zero-order valence-electron chi connectivity index (χ0n) is 19.8. The number of likely N-dealkylation sites (tertiary alicyclic amines) is 1. The minimum atomic E-state index is -0.733. The van der Waals surface area contributed by atoms with Gasteiger partial charge in [0.1, 0.15) is 28.6 Å². The third-order valence-corrected chi connectivity index (χ3v) is 6.00. The molecule has 2 aliphatic heterocycles. The molecule has 0 bridgehead atoms. The second kappa shape index (κ2) is 10.2. The van der Waals surface area contributed by atoms with Gasteiger partial charge in [0.15, 0.2) is 5.65 Å². The molecule has 1 saturated heterocycles. The van der Waals surface area contributed by atoms with Crippen molar-refractivity contribution >= 4 is 26.5 Å². The maximum Gasteiger partial charge on any atom is 0.261 e. The molecule has 34 heavy (non-hydrogen) atoms. The zero-order chi connectivity index (χ0) is 24.3. The molecule has 0 spiro atoms. The molecular weight excluding hydrogens is 456 g/mol. The summed E-state index contributed by atoms with van der Waals surface area (Å²) in [6, 6.07) is 5.47. The van der Waals surface area contributed by atoms with Crippen LogP contribution in [0.2, 0.25) is 0 Å². The van der Waals surface area contributed by atoms with Crippen LogP contribution in [0.5, 0.6) is 11.5 Å². The van der Waals surface area contributed by atoms with E-state index in [9.17, 15) is 9.18 Å². The summed E-state index contributed by atoms with van der Waals surface area (Å²) >= 11 is 0. The van der Waals surface area contributed by atoms with Gasteiger partial charge in [-0.3, -0.25) is 4.79 Å². The number of amides is 1. The van der Waals surface area contributed by atoms with Crippen LogP contribution in [-0.2, 0) is 6.42 Å². The average molecular weight is 488 g/mol. The first-order valence-corrected chi connectivity index (χ1v) is 12.0. The van der Waals surface area contributed by atoms with Gasteiger partial charge in [-0.15, -0.1) is 0 Å². The number of rotatable bonds is 5. The molecule has 182 valence electrons. The molecule has 8 nitrogen and oxygen atoms in total. The van der Waals surface area contributed by atoms with E-state index in [1.807, 2.05) is 26.0 Å². The highest BCUT2D eigenvalue weighted by Crippen LogP contribution is 2.41. The molecule has 2 atom stereocenters. The monoisotopic (exact) mass is 487 g/mol. The Bertz CT molecular complexity index is 1160. The second-order valence-corrected chi connectivity index (χ2v) is 9.85. The van der Waals surface area contributed by atoms with Crippen molar-refractivity contribution in [2.75, 3.05) is 32.1 Å². The highest BCUT2D eigenvalue weighted by atomic mass is 31.0. The predicted molar refractivity (Wildman–Crippen MR) is 133 cm³/mol. The number of anilines is 1. The fourth-order valence-corrected chi connectivity index (χ4v) is 4.59. The van der Waals surface area contributed by atoms with Crippen molar-refractivity contribution in [1.82, 2.24) is 19.5 Å². The Hall–Kier alpha value is -2.77. The molecule has 1 N–H and O–H groups in total. The summed E-state index contributed by atoms with van der Waals surface area (Å²) in [6.07, 6.45) is 8.14. The van der Waals surface area contributed by atoms with E-state index in [0.29, 0.717) is 29.2 Å². The Morgan fingerprint density at radius 3 is 2.82 bits per heavy atom. The normalized spacial score (nSPS) is 17.4. The largest absolute Gasteiger partial charge is 0.494 e.